The Morgan fingerprint density at radius 2 is 1.81 bits per heavy atom. The molecular formula is C24H27N3O3S. The summed E-state index contributed by atoms with van der Waals surface area (Å²) in [6.07, 6.45) is 1.56. The van der Waals surface area contributed by atoms with Crippen LogP contribution in [0.25, 0.3) is 6.08 Å². The fourth-order valence-electron chi connectivity index (χ4n) is 3.69. The average Bonchev–Trinajstić information content (AvgIpc) is 2.74. The second-order valence-electron chi connectivity index (χ2n) is 7.35. The number of ether oxygens (including phenoxy) is 1. The van der Waals surface area contributed by atoms with E-state index in [4.69, 9.17) is 17.0 Å². The van der Waals surface area contributed by atoms with Gasteiger partial charge in [0.2, 0.25) is 0 Å². The van der Waals surface area contributed by atoms with Gasteiger partial charge in [-0.15, -0.1) is 0 Å². The molecule has 6 nitrogen and oxygen atoms in total. The zero-order valence-corrected chi connectivity index (χ0v) is 19.3. The maximum absolute atomic E-state index is 13.3. The molecule has 1 aliphatic heterocycles. The highest BCUT2D eigenvalue weighted by atomic mass is 32.1. The lowest BCUT2D eigenvalue weighted by molar-refractivity contribution is -0.122. The molecule has 2 amide bonds. The summed E-state index contributed by atoms with van der Waals surface area (Å²) in [5.74, 6) is -0.398. The zero-order valence-electron chi connectivity index (χ0n) is 18.5. The third-order valence-corrected chi connectivity index (χ3v) is 5.63. The van der Waals surface area contributed by atoms with Crippen molar-refractivity contribution in [3.05, 3.63) is 58.7 Å². The molecule has 2 aromatic rings. The third kappa shape index (κ3) is 4.46. The van der Waals surface area contributed by atoms with Crippen LogP contribution in [0.5, 0.6) is 5.75 Å². The van der Waals surface area contributed by atoms with Crippen LogP contribution in [0.15, 0.2) is 42.0 Å². The summed E-state index contributed by atoms with van der Waals surface area (Å²) >= 11 is 5.31. The van der Waals surface area contributed by atoms with E-state index >= 15 is 0 Å². The summed E-state index contributed by atoms with van der Waals surface area (Å²) in [6, 6.07) is 11.4. The van der Waals surface area contributed by atoms with Crippen LogP contribution in [0.2, 0.25) is 0 Å². The summed E-state index contributed by atoms with van der Waals surface area (Å²) in [7, 11) is 1.57. The highest BCUT2D eigenvalue weighted by molar-refractivity contribution is 7.80. The molecule has 1 fully saturated rings. The van der Waals surface area contributed by atoms with Crippen molar-refractivity contribution in [1.82, 2.24) is 5.32 Å². The Kier molecular flexibility index (Phi) is 6.75. The minimum Gasteiger partial charge on any atom is -0.496 e. The van der Waals surface area contributed by atoms with E-state index in [2.05, 4.69) is 24.1 Å². The molecule has 2 aromatic carbocycles. The number of hydrogen-bond acceptors (Lipinski definition) is 5. The fraction of sp³-hybridized carbons (Fsp3) is 0.292. The molecule has 1 heterocycles. The van der Waals surface area contributed by atoms with Gasteiger partial charge < -0.3 is 9.64 Å². The topological polar surface area (TPSA) is 61.9 Å². The minimum absolute atomic E-state index is 0.00228. The quantitative estimate of drug-likeness (QED) is 0.421. The number of rotatable bonds is 6. The SMILES string of the molecule is CCN(CC)c1ccc(C=C2C(=O)NC(=S)N(c3ccc(C)cc3C)C2=O)c(OC)c1. The number of anilines is 2. The standard InChI is InChI=1S/C24H27N3O3S/c1-6-26(7-2)18-10-9-17(21(14-18)30-5)13-19-22(28)25-24(31)27(23(19)29)20-11-8-15(3)12-16(20)4/h8-14H,6-7H2,1-5H3,(H,25,28,31). The molecule has 0 radical (unpaired) electrons. The van der Waals surface area contributed by atoms with Crippen molar-refractivity contribution >= 4 is 46.6 Å². The Balaban J connectivity index is 2.04. The maximum atomic E-state index is 13.3. The Labute approximate surface area is 188 Å². The van der Waals surface area contributed by atoms with Crippen LogP contribution in [0, 0.1) is 13.8 Å². The molecular weight excluding hydrogens is 410 g/mol. The number of methoxy groups -OCH3 is 1. The first kappa shape index (κ1) is 22.5. The molecule has 1 N–H and O–H groups in total. The number of thiocarbonyl (C=S) groups is 1. The van der Waals surface area contributed by atoms with Gasteiger partial charge in [-0.2, -0.15) is 0 Å². The highest BCUT2D eigenvalue weighted by Gasteiger charge is 2.35. The second kappa shape index (κ2) is 9.31. The molecule has 0 spiro atoms. The zero-order chi connectivity index (χ0) is 22.7. The first-order valence-corrected chi connectivity index (χ1v) is 10.6. The first-order chi connectivity index (χ1) is 14.8. The van der Waals surface area contributed by atoms with Gasteiger partial charge in [-0.1, -0.05) is 17.7 Å². The van der Waals surface area contributed by atoms with Gasteiger partial charge >= 0.3 is 0 Å². The van der Waals surface area contributed by atoms with Crippen LogP contribution in [0.3, 0.4) is 0 Å². The van der Waals surface area contributed by atoms with Crippen LogP contribution in [0.1, 0.15) is 30.5 Å². The molecule has 1 aliphatic rings. The van der Waals surface area contributed by atoms with Crippen LogP contribution in [-0.4, -0.2) is 37.1 Å². The summed E-state index contributed by atoms with van der Waals surface area (Å²) in [5, 5.41) is 2.71. The number of nitrogens with one attached hydrogen (secondary N) is 1. The monoisotopic (exact) mass is 437 g/mol. The fourth-order valence-corrected chi connectivity index (χ4v) is 3.97. The number of aryl methyl sites for hydroxylation is 2. The minimum atomic E-state index is -0.522. The average molecular weight is 438 g/mol. The van der Waals surface area contributed by atoms with Gasteiger partial charge in [0, 0.05) is 30.4 Å². The van der Waals surface area contributed by atoms with Crippen molar-refractivity contribution in [3.8, 4) is 5.75 Å². The molecule has 0 unspecified atom stereocenters. The van der Waals surface area contributed by atoms with Gasteiger partial charge in [-0.25, -0.2) is 0 Å². The van der Waals surface area contributed by atoms with Gasteiger partial charge in [0.05, 0.1) is 12.8 Å². The molecule has 0 bridgehead atoms. The largest absolute Gasteiger partial charge is 0.496 e. The van der Waals surface area contributed by atoms with Gasteiger partial charge in [-0.3, -0.25) is 19.8 Å². The lowest BCUT2D eigenvalue weighted by Gasteiger charge is -2.30. The molecule has 31 heavy (non-hydrogen) atoms. The lowest BCUT2D eigenvalue weighted by Crippen LogP contribution is -2.54. The molecule has 162 valence electrons. The van der Waals surface area contributed by atoms with E-state index in [1.807, 2.05) is 50.2 Å². The van der Waals surface area contributed by atoms with Gasteiger partial charge in [0.1, 0.15) is 11.3 Å². The first-order valence-electron chi connectivity index (χ1n) is 10.2. The van der Waals surface area contributed by atoms with Crippen molar-refractivity contribution in [1.29, 1.82) is 0 Å². The lowest BCUT2D eigenvalue weighted by atomic mass is 10.0. The summed E-state index contributed by atoms with van der Waals surface area (Å²) in [4.78, 5) is 29.5. The van der Waals surface area contributed by atoms with E-state index < -0.39 is 11.8 Å². The van der Waals surface area contributed by atoms with Gasteiger partial charge in [-0.05, 0) is 69.8 Å². The Bertz CT molecular complexity index is 1070. The van der Waals surface area contributed by atoms with Gasteiger partial charge in [0.15, 0.2) is 5.11 Å². The summed E-state index contributed by atoms with van der Waals surface area (Å²) in [5.41, 5.74) is 4.28. The van der Waals surface area contributed by atoms with E-state index in [0.29, 0.717) is 17.0 Å². The normalized spacial score (nSPS) is 15.3. The molecule has 0 aromatic heterocycles. The number of carbonyl (C=O) groups excluding carboxylic acids is 2. The van der Waals surface area contributed by atoms with Gasteiger partial charge in [0.25, 0.3) is 11.8 Å². The molecule has 7 heteroatoms. The van der Waals surface area contributed by atoms with E-state index in [1.54, 1.807) is 13.2 Å². The van der Waals surface area contributed by atoms with Crippen LogP contribution in [0.4, 0.5) is 11.4 Å². The van der Waals surface area contributed by atoms with Crippen molar-refractivity contribution in [3.63, 3.8) is 0 Å². The summed E-state index contributed by atoms with van der Waals surface area (Å²) in [6.45, 7) is 9.79. The van der Waals surface area contributed by atoms with E-state index in [-0.39, 0.29) is 10.7 Å². The molecule has 1 saturated heterocycles. The number of hydrogen-bond donors (Lipinski definition) is 1. The van der Waals surface area contributed by atoms with Crippen molar-refractivity contribution in [2.45, 2.75) is 27.7 Å². The molecule has 0 saturated carbocycles. The van der Waals surface area contributed by atoms with Crippen molar-refractivity contribution < 1.29 is 14.3 Å². The predicted molar refractivity (Wildman–Crippen MR) is 129 cm³/mol. The van der Waals surface area contributed by atoms with E-state index in [0.717, 1.165) is 29.9 Å². The van der Waals surface area contributed by atoms with E-state index in [1.165, 1.54) is 4.90 Å². The van der Waals surface area contributed by atoms with Crippen molar-refractivity contribution in [2.24, 2.45) is 0 Å². The number of amides is 2. The summed E-state index contributed by atoms with van der Waals surface area (Å²) < 4.78 is 5.55. The maximum Gasteiger partial charge on any atom is 0.270 e. The van der Waals surface area contributed by atoms with Crippen molar-refractivity contribution in [2.75, 3.05) is 30.0 Å². The van der Waals surface area contributed by atoms with E-state index in [9.17, 15) is 9.59 Å². The molecule has 0 atom stereocenters. The Morgan fingerprint density at radius 1 is 1.10 bits per heavy atom. The highest BCUT2D eigenvalue weighted by Crippen LogP contribution is 2.30. The predicted octanol–water partition coefficient (Wildman–Crippen LogP) is 3.99. The number of carbonyl (C=O) groups is 2. The van der Waals surface area contributed by atoms with Crippen LogP contribution < -0.4 is 19.9 Å². The molecule has 3 rings (SSSR count). The van der Waals surface area contributed by atoms with Crippen LogP contribution in [-0.2, 0) is 9.59 Å². The Morgan fingerprint density at radius 3 is 2.42 bits per heavy atom. The Hall–Kier alpha value is -3.19. The second-order valence-corrected chi connectivity index (χ2v) is 7.73. The molecule has 0 aliphatic carbocycles. The number of nitrogens with zero attached hydrogens (tertiary/aromatic N) is 2. The third-order valence-electron chi connectivity index (χ3n) is 5.34. The number of benzene rings is 2. The van der Waals surface area contributed by atoms with Crippen LogP contribution >= 0.6 is 12.2 Å². The smallest absolute Gasteiger partial charge is 0.270 e.